The smallest absolute Gasteiger partial charge is 0.306 e. The van der Waals surface area contributed by atoms with E-state index in [1.54, 1.807) is 0 Å². The molecule has 3 rings (SSSR count). The first-order chi connectivity index (χ1) is 8.68. The molecule has 5 atom stereocenters. The van der Waals surface area contributed by atoms with E-state index in [-0.39, 0.29) is 5.92 Å². The SMILES string of the molecule is CC1CNCCC1N1CCC[C@H]1[C@@H]1CC1C(=O)O. The lowest BCUT2D eigenvalue weighted by Crippen LogP contribution is -2.51. The topological polar surface area (TPSA) is 52.6 Å². The summed E-state index contributed by atoms with van der Waals surface area (Å²) in [6.45, 7) is 5.74. The Labute approximate surface area is 109 Å². The van der Waals surface area contributed by atoms with Crippen LogP contribution in [0.5, 0.6) is 0 Å². The number of carboxylic acids is 1. The summed E-state index contributed by atoms with van der Waals surface area (Å²) in [6, 6.07) is 1.23. The summed E-state index contributed by atoms with van der Waals surface area (Å²) < 4.78 is 0. The zero-order valence-electron chi connectivity index (χ0n) is 11.1. The molecule has 18 heavy (non-hydrogen) atoms. The Balaban J connectivity index is 1.66. The second-order valence-corrected chi connectivity index (χ2v) is 6.33. The molecule has 0 aromatic carbocycles. The van der Waals surface area contributed by atoms with Gasteiger partial charge in [0.1, 0.15) is 0 Å². The quantitative estimate of drug-likeness (QED) is 0.791. The van der Waals surface area contributed by atoms with Crippen molar-refractivity contribution in [3.05, 3.63) is 0 Å². The van der Waals surface area contributed by atoms with Gasteiger partial charge in [-0.05, 0) is 57.2 Å². The Morgan fingerprint density at radius 1 is 1.33 bits per heavy atom. The summed E-state index contributed by atoms with van der Waals surface area (Å²) in [7, 11) is 0. The molecule has 1 saturated carbocycles. The molecule has 2 aliphatic heterocycles. The predicted molar refractivity (Wildman–Crippen MR) is 69.4 cm³/mol. The molecule has 0 aromatic rings. The maximum Gasteiger partial charge on any atom is 0.306 e. The maximum atomic E-state index is 11.0. The van der Waals surface area contributed by atoms with E-state index in [2.05, 4.69) is 17.1 Å². The molecule has 2 heterocycles. The minimum atomic E-state index is -0.579. The fraction of sp³-hybridized carbons (Fsp3) is 0.929. The molecular formula is C14H24N2O2. The lowest BCUT2D eigenvalue weighted by molar-refractivity contribution is -0.139. The third-order valence-corrected chi connectivity index (χ3v) is 5.16. The number of nitrogens with zero attached hydrogens (tertiary/aromatic N) is 1. The summed E-state index contributed by atoms with van der Waals surface area (Å²) >= 11 is 0. The highest BCUT2D eigenvalue weighted by atomic mass is 16.4. The number of likely N-dealkylation sites (tertiary alicyclic amines) is 1. The van der Waals surface area contributed by atoms with Crippen LogP contribution in [-0.2, 0) is 4.79 Å². The number of carboxylic acid groups (broad SMARTS) is 1. The summed E-state index contributed by atoms with van der Waals surface area (Å²) in [4.78, 5) is 13.7. The van der Waals surface area contributed by atoms with Gasteiger partial charge in [-0.3, -0.25) is 9.69 Å². The van der Waals surface area contributed by atoms with Crippen LogP contribution in [0.1, 0.15) is 32.6 Å². The molecule has 3 aliphatic rings. The van der Waals surface area contributed by atoms with E-state index in [4.69, 9.17) is 5.11 Å². The van der Waals surface area contributed by atoms with Crippen LogP contribution in [-0.4, -0.2) is 47.7 Å². The van der Waals surface area contributed by atoms with E-state index >= 15 is 0 Å². The number of aliphatic carboxylic acids is 1. The summed E-state index contributed by atoms with van der Waals surface area (Å²) in [5, 5.41) is 12.6. The maximum absolute atomic E-state index is 11.0. The number of rotatable bonds is 3. The third-order valence-electron chi connectivity index (χ3n) is 5.16. The van der Waals surface area contributed by atoms with Gasteiger partial charge in [0, 0.05) is 12.1 Å². The fourth-order valence-corrected chi connectivity index (χ4v) is 4.10. The highest BCUT2D eigenvalue weighted by Gasteiger charge is 2.52. The van der Waals surface area contributed by atoms with Crippen LogP contribution in [0.3, 0.4) is 0 Å². The molecule has 1 aliphatic carbocycles. The predicted octanol–water partition coefficient (Wildman–Crippen LogP) is 1.17. The summed E-state index contributed by atoms with van der Waals surface area (Å²) in [6.07, 6.45) is 4.60. The molecule has 2 N–H and O–H groups in total. The van der Waals surface area contributed by atoms with Crippen molar-refractivity contribution in [1.29, 1.82) is 0 Å². The lowest BCUT2D eigenvalue weighted by Gasteiger charge is -2.40. The average molecular weight is 252 g/mol. The highest BCUT2D eigenvalue weighted by Crippen LogP contribution is 2.47. The normalized spacial score (nSPS) is 45.1. The number of hydrogen-bond donors (Lipinski definition) is 2. The van der Waals surface area contributed by atoms with Crippen molar-refractivity contribution in [2.75, 3.05) is 19.6 Å². The third kappa shape index (κ3) is 2.16. The van der Waals surface area contributed by atoms with Gasteiger partial charge < -0.3 is 10.4 Å². The zero-order valence-corrected chi connectivity index (χ0v) is 11.1. The van der Waals surface area contributed by atoms with Crippen molar-refractivity contribution in [3.8, 4) is 0 Å². The van der Waals surface area contributed by atoms with Crippen LogP contribution in [0.25, 0.3) is 0 Å². The van der Waals surface area contributed by atoms with Crippen LogP contribution < -0.4 is 5.32 Å². The summed E-state index contributed by atoms with van der Waals surface area (Å²) in [5.41, 5.74) is 0. The van der Waals surface area contributed by atoms with Crippen LogP contribution >= 0.6 is 0 Å². The van der Waals surface area contributed by atoms with E-state index in [1.165, 1.54) is 25.8 Å². The zero-order chi connectivity index (χ0) is 12.7. The molecule has 4 nitrogen and oxygen atoms in total. The number of carbonyl (C=O) groups is 1. The van der Waals surface area contributed by atoms with Gasteiger partial charge in [0.05, 0.1) is 5.92 Å². The Bertz CT molecular complexity index is 334. The molecule has 0 bridgehead atoms. The van der Waals surface area contributed by atoms with E-state index in [0.29, 0.717) is 23.9 Å². The molecule has 0 amide bonds. The minimum absolute atomic E-state index is 0.0485. The van der Waals surface area contributed by atoms with Gasteiger partial charge in [-0.25, -0.2) is 0 Å². The highest BCUT2D eigenvalue weighted by molar-refractivity contribution is 5.73. The van der Waals surface area contributed by atoms with Crippen molar-refractivity contribution < 1.29 is 9.90 Å². The number of piperidine rings is 1. The van der Waals surface area contributed by atoms with Gasteiger partial charge >= 0.3 is 5.97 Å². The van der Waals surface area contributed by atoms with Crippen LogP contribution in [0.4, 0.5) is 0 Å². The first kappa shape index (κ1) is 12.4. The molecule has 3 unspecified atom stereocenters. The molecule has 2 saturated heterocycles. The second-order valence-electron chi connectivity index (χ2n) is 6.33. The van der Waals surface area contributed by atoms with Crippen molar-refractivity contribution in [1.82, 2.24) is 10.2 Å². The largest absolute Gasteiger partial charge is 0.481 e. The van der Waals surface area contributed by atoms with Crippen molar-refractivity contribution in [3.63, 3.8) is 0 Å². The molecule has 4 heteroatoms. The minimum Gasteiger partial charge on any atom is -0.481 e. The summed E-state index contributed by atoms with van der Waals surface area (Å²) in [5.74, 6) is 0.506. The van der Waals surface area contributed by atoms with Crippen molar-refractivity contribution in [2.45, 2.75) is 44.7 Å². The van der Waals surface area contributed by atoms with E-state index in [1.807, 2.05) is 0 Å². The van der Waals surface area contributed by atoms with Crippen LogP contribution in [0.15, 0.2) is 0 Å². The van der Waals surface area contributed by atoms with E-state index in [0.717, 1.165) is 19.5 Å². The van der Waals surface area contributed by atoms with Crippen molar-refractivity contribution >= 4 is 5.97 Å². The van der Waals surface area contributed by atoms with Crippen LogP contribution in [0, 0.1) is 17.8 Å². The van der Waals surface area contributed by atoms with Gasteiger partial charge in [0.15, 0.2) is 0 Å². The first-order valence-electron chi connectivity index (χ1n) is 7.37. The molecule has 3 fully saturated rings. The molecule has 0 spiro atoms. The number of hydrogen-bond acceptors (Lipinski definition) is 3. The monoisotopic (exact) mass is 252 g/mol. The second kappa shape index (κ2) is 4.82. The standard InChI is InChI=1S/C14H24N2O2/c1-9-8-15-5-4-12(9)16-6-2-3-13(16)10-7-11(10)14(17)18/h9-13,15H,2-8H2,1H3,(H,17,18)/t9?,10-,11?,12?,13+/m1/s1. The molecular weight excluding hydrogens is 228 g/mol. The molecule has 102 valence electrons. The lowest BCUT2D eigenvalue weighted by atomic mass is 9.92. The average Bonchev–Trinajstić information content (AvgIpc) is 3.01. The van der Waals surface area contributed by atoms with E-state index < -0.39 is 5.97 Å². The first-order valence-corrected chi connectivity index (χ1v) is 7.37. The van der Waals surface area contributed by atoms with Crippen LogP contribution in [0.2, 0.25) is 0 Å². The number of nitrogens with one attached hydrogen (secondary N) is 1. The van der Waals surface area contributed by atoms with Crippen molar-refractivity contribution in [2.24, 2.45) is 17.8 Å². The molecule has 0 aromatic heterocycles. The Morgan fingerprint density at radius 2 is 2.17 bits per heavy atom. The Hall–Kier alpha value is -0.610. The fourth-order valence-electron chi connectivity index (χ4n) is 4.10. The van der Waals surface area contributed by atoms with Gasteiger partial charge in [0.25, 0.3) is 0 Å². The molecule has 0 radical (unpaired) electrons. The van der Waals surface area contributed by atoms with Gasteiger partial charge in [-0.1, -0.05) is 6.92 Å². The van der Waals surface area contributed by atoms with Gasteiger partial charge in [-0.2, -0.15) is 0 Å². The van der Waals surface area contributed by atoms with Gasteiger partial charge in [0.2, 0.25) is 0 Å². The van der Waals surface area contributed by atoms with Gasteiger partial charge in [-0.15, -0.1) is 0 Å². The van der Waals surface area contributed by atoms with E-state index in [9.17, 15) is 4.79 Å². The Morgan fingerprint density at radius 3 is 2.83 bits per heavy atom. The Kier molecular flexibility index (Phi) is 3.32.